The number of amides is 3. The predicted octanol–water partition coefficient (Wildman–Crippen LogP) is 4.54. The van der Waals surface area contributed by atoms with Gasteiger partial charge in [0.2, 0.25) is 0 Å². The van der Waals surface area contributed by atoms with Crippen molar-refractivity contribution in [3.05, 3.63) is 101 Å². The van der Waals surface area contributed by atoms with E-state index in [0.29, 0.717) is 40.6 Å². The highest BCUT2D eigenvalue weighted by atomic mass is 16.5. The van der Waals surface area contributed by atoms with Gasteiger partial charge in [0.05, 0.1) is 18.7 Å². The van der Waals surface area contributed by atoms with Crippen LogP contribution in [0.2, 0.25) is 0 Å². The molecule has 3 aromatic carbocycles. The molecule has 3 aromatic rings. The zero-order valence-electron chi connectivity index (χ0n) is 18.4. The smallest absolute Gasteiger partial charge is 0.319 e. The van der Waals surface area contributed by atoms with Crippen LogP contribution in [0.1, 0.15) is 24.1 Å². The molecule has 3 N–H and O–H groups in total. The number of para-hydroxylation sites is 1. The molecule has 7 nitrogen and oxygen atoms in total. The number of ether oxygens (including phenoxy) is 2. The first-order valence-electron chi connectivity index (χ1n) is 10.5. The molecule has 0 aliphatic carbocycles. The van der Waals surface area contributed by atoms with Crippen LogP contribution in [0.3, 0.4) is 0 Å². The minimum atomic E-state index is -0.653. The molecule has 0 saturated carbocycles. The number of anilines is 1. The molecule has 33 heavy (non-hydrogen) atoms. The van der Waals surface area contributed by atoms with Crippen LogP contribution < -0.4 is 25.4 Å². The van der Waals surface area contributed by atoms with Crippen LogP contribution in [-0.2, 0) is 11.4 Å². The van der Waals surface area contributed by atoms with Crippen molar-refractivity contribution in [2.75, 3.05) is 12.4 Å². The second-order valence-electron chi connectivity index (χ2n) is 7.57. The lowest BCUT2D eigenvalue weighted by molar-refractivity contribution is -0.113. The molecule has 168 valence electrons. The monoisotopic (exact) mass is 443 g/mol. The van der Waals surface area contributed by atoms with Crippen molar-refractivity contribution in [3.8, 4) is 11.5 Å². The molecule has 3 amide bonds. The summed E-state index contributed by atoms with van der Waals surface area (Å²) in [5.41, 5.74) is 3.30. The van der Waals surface area contributed by atoms with Gasteiger partial charge < -0.3 is 25.4 Å². The molecule has 0 unspecified atom stereocenters. The van der Waals surface area contributed by atoms with Gasteiger partial charge in [0.25, 0.3) is 5.91 Å². The van der Waals surface area contributed by atoms with E-state index in [4.69, 9.17) is 9.47 Å². The molecule has 0 radical (unpaired) electrons. The van der Waals surface area contributed by atoms with Gasteiger partial charge in [0.15, 0.2) is 11.5 Å². The summed E-state index contributed by atoms with van der Waals surface area (Å²) in [5.74, 6) is 0.776. The fourth-order valence-corrected chi connectivity index (χ4v) is 3.68. The van der Waals surface area contributed by atoms with E-state index in [0.717, 1.165) is 5.56 Å². The molecule has 1 atom stereocenters. The maximum absolute atomic E-state index is 13.1. The standard InChI is InChI=1S/C26H25N3O4/c1-17-23(25(30)28-20-11-7-4-8-12-20)24(29-26(31)27-17)19-13-14-21(22(15-19)32-2)33-16-18-9-5-3-6-10-18/h3-15,24H,16H2,1-2H3,(H,28,30)(H2,27,29,31)/t24-/m1/s1. The van der Waals surface area contributed by atoms with Crippen LogP contribution in [0.4, 0.5) is 10.5 Å². The van der Waals surface area contributed by atoms with Gasteiger partial charge >= 0.3 is 6.03 Å². The Balaban J connectivity index is 1.60. The molecule has 1 heterocycles. The van der Waals surface area contributed by atoms with E-state index in [1.165, 1.54) is 0 Å². The third-order valence-corrected chi connectivity index (χ3v) is 5.30. The Labute approximate surface area is 192 Å². The molecule has 0 fully saturated rings. The lowest BCUT2D eigenvalue weighted by Gasteiger charge is -2.29. The summed E-state index contributed by atoms with van der Waals surface area (Å²) in [6, 6.07) is 23.3. The fraction of sp³-hybridized carbons (Fsp3) is 0.154. The molecule has 0 saturated heterocycles. The van der Waals surface area contributed by atoms with E-state index >= 15 is 0 Å². The number of benzene rings is 3. The Morgan fingerprint density at radius 2 is 1.67 bits per heavy atom. The van der Waals surface area contributed by atoms with Crippen molar-refractivity contribution in [2.24, 2.45) is 0 Å². The number of rotatable bonds is 7. The SMILES string of the molecule is COc1cc([C@H]2NC(=O)NC(C)=C2C(=O)Nc2ccccc2)ccc1OCc1ccccc1. The molecule has 7 heteroatoms. The van der Waals surface area contributed by atoms with Gasteiger partial charge in [-0.3, -0.25) is 4.79 Å². The summed E-state index contributed by atoms with van der Waals surface area (Å²) in [5, 5.41) is 8.42. The molecular formula is C26H25N3O4. The molecule has 4 rings (SSSR count). The minimum absolute atomic E-state index is 0.306. The zero-order valence-corrected chi connectivity index (χ0v) is 18.4. The highest BCUT2D eigenvalue weighted by Crippen LogP contribution is 2.35. The lowest BCUT2D eigenvalue weighted by atomic mass is 9.94. The van der Waals surface area contributed by atoms with E-state index < -0.39 is 6.04 Å². The number of carbonyl (C=O) groups is 2. The van der Waals surface area contributed by atoms with Gasteiger partial charge in [-0.25, -0.2) is 4.79 Å². The van der Waals surface area contributed by atoms with E-state index in [-0.39, 0.29) is 11.9 Å². The molecule has 1 aliphatic rings. The molecular weight excluding hydrogens is 418 g/mol. The minimum Gasteiger partial charge on any atom is -0.493 e. The van der Waals surface area contributed by atoms with Gasteiger partial charge in [0, 0.05) is 11.4 Å². The number of urea groups is 1. The highest BCUT2D eigenvalue weighted by Gasteiger charge is 2.31. The molecule has 1 aliphatic heterocycles. The van der Waals surface area contributed by atoms with Crippen molar-refractivity contribution in [1.82, 2.24) is 10.6 Å². The predicted molar refractivity (Wildman–Crippen MR) is 126 cm³/mol. The molecule has 0 spiro atoms. The average molecular weight is 444 g/mol. The van der Waals surface area contributed by atoms with Crippen LogP contribution in [0, 0.1) is 0 Å². The molecule has 0 aromatic heterocycles. The van der Waals surface area contributed by atoms with Crippen molar-refractivity contribution in [1.29, 1.82) is 0 Å². The normalized spacial score (nSPS) is 15.3. The van der Waals surface area contributed by atoms with Gasteiger partial charge in [-0.05, 0) is 42.3 Å². The van der Waals surface area contributed by atoms with Crippen LogP contribution in [0.5, 0.6) is 11.5 Å². The first kappa shape index (κ1) is 22.0. The Bertz CT molecular complexity index is 1180. The van der Waals surface area contributed by atoms with Gasteiger partial charge in [0.1, 0.15) is 6.61 Å². The van der Waals surface area contributed by atoms with Crippen LogP contribution in [0.25, 0.3) is 0 Å². The van der Waals surface area contributed by atoms with Crippen LogP contribution >= 0.6 is 0 Å². The topological polar surface area (TPSA) is 88.7 Å². The first-order valence-corrected chi connectivity index (χ1v) is 10.5. The Hall–Kier alpha value is -4.26. The first-order chi connectivity index (χ1) is 16.0. The summed E-state index contributed by atoms with van der Waals surface area (Å²) in [7, 11) is 1.56. The van der Waals surface area contributed by atoms with Crippen LogP contribution in [-0.4, -0.2) is 19.0 Å². The summed E-state index contributed by atoms with van der Waals surface area (Å²) < 4.78 is 11.5. The van der Waals surface area contributed by atoms with Crippen molar-refractivity contribution in [2.45, 2.75) is 19.6 Å². The summed E-state index contributed by atoms with van der Waals surface area (Å²) >= 11 is 0. The summed E-state index contributed by atoms with van der Waals surface area (Å²) in [4.78, 5) is 25.4. The van der Waals surface area contributed by atoms with Gasteiger partial charge in [-0.2, -0.15) is 0 Å². The second kappa shape index (κ2) is 9.91. The van der Waals surface area contributed by atoms with Crippen molar-refractivity contribution < 1.29 is 19.1 Å². The highest BCUT2D eigenvalue weighted by molar-refractivity contribution is 6.06. The van der Waals surface area contributed by atoms with E-state index in [1.807, 2.05) is 54.6 Å². The third-order valence-electron chi connectivity index (χ3n) is 5.30. The van der Waals surface area contributed by atoms with Crippen LogP contribution in [0.15, 0.2) is 90.1 Å². The quantitative estimate of drug-likeness (QED) is 0.500. The van der Waals surface area contributed by atoms with Crippen molar-refractivity contribution >= 4 is 17.6 Å². The largest absolute Gasteiger partial charge is 0.493 e. The van der Waals surface area contributed by atoms with E-state index in [1.54, 1.807) is 38.3 Å². The van der Waals surface area contributed by atoms with Gasteiger partial charge in [-0.1, -0.05) is 54.6 Å². The maximum Gasteiger partial charge on any atom is 0.319 e. The van der Waals surface area contributed by atoms with E-state index in [9.17, 15) is 9.59 Å². The Morgan fingerprint density at radius 1 is 0.970 bits per heavy atom. The zero-order chi connectivity index (χ0) is 23.2. The third kappa shape index (κ3) is 5.15. The maximum atomic E-state index is 13.1. The second-order valence-corrected chi connectivity index (χ2v) is 7.57. The Morgan fingerprint density at radius 3 is 2.36 bits per heavy atom. The lowest BCUT2D eigenvalue weighted by Crippen LogP contribution is -2.45. The number of nitrogens with one attached hydrogen (secondary N) is 3. The summed E-state index contributed by atoms with van der Waals surface area (Å²) in [6.45, 7) is 2.10. The average Bonchev–Trinajstić information content (AvgIpc) is 2.83. The van der Waals surface area contributed by atoms with E-state index in [2.05, 4.69) is 16.0 Å². The fourth-order valence-electron chi connectivity index (χ4n) is 3.68. The number of carbonyl (C=O) groups excluding carboxylic acids is 2. The summed E-state index contributed by atoms with van der Waals surface area (Å²) in [6.07, 6.45) is 0. The number of methoxy groups -OCH3 is 1. The van der Waals surface area contributed by atoms with Gasteiger partial charge in [-0.15, -0.1) is 0 Å². The Kier molecular flexibility index (Phi) is 6.59. The van der Waals surface area contributed by atoms with Crippen molar-refractivity contribution in [3.63, 3.8) is 0 Å². The number of hydrogen-bond donors (Lipinski definition) is 3. The molecule has 0 bridgehead atoms. The number of hydrogen-bond acceptors (Lipinski definition) is 4. The number of allylic oxidation sites excluding steroid dienone is 1.